The predicted octanol–water partition coefficient (Wildman–Crippen LogP) is 3.85. The van der Waals surface area contributed by atoms with Crippen LogP contribution >= 0.6 is 11.3 Å². The van der Waals surface area contributed by atoms with E-state index in [9.17, 15) is 4.79 Å². The van der Waals surface area contributed by atoms with Gasteiger partial charge in [0.25, 0.3) is 0 Å². The van der Waals surface area contributed by atoms with Gasteiger partial charge < -0.3 is 4.74 Å². The van der Waals surface area contributed by atoms with Crippen LogP contribution in [-0.2, 0) is 16.1 Å². The first kappa shape index (κ1) is 16.3. The second kappa shape index (κ2) is 7.14. The van der Waals surface area contributed by atoms with Crippen molar-refractivity contribution in [2.45, 2.75) is 34.3 Å². The Labute approximate surface area is 123 Å². The monoisotopic (exact) mass is 292 g/mol. The van der Waals surface area contributed by atoms with Gasteiger partial charge in [-0.05, 0) is 34.4 Å². The molecule has 1 aromatic rings. The zero-order valence-electron chi connectivity index (χ0n) is 12.3. The summed E-state index contributed by atoms with van der Waals surface area (Å²) in [5.74, 6) is -0.230. The lowest BCUT2D eigenvalue weighted by Crippen LogP contribution is -2.22. The van der Waals surface area contributed by atoms with Crippen LogP contribution in [0.15, 0.2) is 28.7 Å². The standard InChI is InChI=1S/C15H20N2O2S/c1-6-7-11(8-16-5)12-10-20-13(17-12)9-19-14(18)15(2,3)4/h6-8,10H,5,9H2,1-4H3/b7-6-,11-8+. The Balaban J connectivity index is 2.75. The molecule has 0 unspecified atom stereocenters. The second-order valence-corrected chi connectivity index (χ2v) is 6.16. The van der Waals surface area contributed by atoms with Gasteiger partial charge in [-0.2, -0.15) is 0 Å². The predicted molar refractivity (Wildman–Crippen MR) is 83.7 cm³/mol. The summed E-state index contributed by atoms with van der Waals surface area (Å²) in [5, 5.41) is 2.68. The van der Waals surface area contributed by atoms with Crippen LogP contribution in [0.5, 0.6) is 0 Å². The molecular weight excluding hydrogens is 272 g/mol. The van der Waals surface area contributed by atoms with E-state index in [-0.39, 0.29) is 12.6 Å². The summed E-state index contributed by atoms with van der Waals surface area (Å²) < 4.78 is 5.24. The lowest BCUT2D eigenvalue weighted by atomic mass is 9.97. The van der Waals surface area contributed by atoms with Gasteiger partial charge in [-0.3, -0.25) is 9.79 Å². The van der Waals surface area contributed by atoms with Gasteiger partial charge in [0.1, 0.15) is 11.6 Å². The number of nitrogens with zero attached hydrogens (tertiary/aromatic N) is 2. The average molecular weight is 292 g/mol. The summed E-state index contributed by atoms with van der Waals surface area (Å²) in [5.41, 5.74) is 1.19. The molecule has 5 heteroatoms. The van der Waals surface area contributed by atoms with Gasteiger partial charge in [0.05, 0.1) is 11.1 Å². The van der Waals surface area contributed by atoms with Crippen LogP contribution in [0, 0.1) is 5.41 Å². The minimum Gasteiger partial charge on any atom is -0.458 e. The lowest BCUT2D eigenvalue weighted by Gasteiger charge is -2.15. The molecule has 0 saturated heterocycles. The van der Waals surface area contributed by atoms with Crippen molar-refractivity contribution in [1.82, 2.24) is 4.98 Å². The smallest absolute Gasteiger partial charge is 0.311 e. The Morgan fingerprint density at radius 1 is 1.55 bits per heavy atom. The van der Waals surface area contributed by atoms with Crippen molar-refractivity contribution >= 4 is 29.6 Å². The van der Waals surface area contributed by atoms with Crippen LogP contribution in [0.2, 0.25) is 0 Å². The highest BCUT2D eigenvalue weighted by Gasteiger charge is 2.23. The number of carbonyl (C=O) groups excluding carboxylic acids is 1. The zero-order valence-corrected chi connectivity index (χ0v) is 13.2. The number of hydrogen-bond donors (Lipinski definition) is 0. The molecule has 0 bridgehead atoms. The normalized spacial score (nSPS) is 12.7. The third kappa shape index (κ3) is 4.74. The molecule has 0 atom stereocenters. The number of hydrogen-bond acceptors (Lipinski definition) is 5. The maximum Gasteiger partial charge on any atom is 0.311 e. The van der Waals surface area contributed by atoms with Gasteiger partial charge in [0.15, 0.2) is 0 Å². The van der Waals surface area contributed by atoms with Crippen molar-refractivity contribution in [3.63, 3.8) is 0 Å². The van der Waals surface area contributed by atoms with Crippen LogP contribution < -0.4 is 0 Å². The van der Waals surface area contributed by atoms with Gasteiger partial charge in [0, 0.05) is 17.2 Å². The van der Waals surface area contributed by atoms with Crippen molar-refractivity contribution in [2.24, 2.45) is 10.4 Å². The molecule has 4 nitrogen and oxygen atoms in total. The van der Waals surface area contributed by atoms with Crippen LogP contribution in [0.3, 0.4) is 0 Å². The molecule has 1 aromatic heterocycles. The average Bonchev–Trinajstić information content (AvgIpc) is 2.83. The fraction of sp³-hybridized carbons (Fsp3) is 0.400. The number of thiazole rings is 1. The molecule has 1 rings (SSSR count). The van der Waals surface area contributed by atoms with E-state index < -0.39 is 5.41 Å². The number of allylic oxidation sites excluding steroid dienone is 3. The van der Waals surface area contributed by atoms with Crippen molar-refractivity contribution in [2.75, 3.05) is 0 Å². The van der Waals surface area contributed by atoms with Crippen molar-refractivity contribution < 1.29 is 9.53 Å². The molecule has 0 radical (unpaired) electrons. The van der Waals surface area contributed by atoms with Crippen LogP contribution in [-0.4, -0.2) is 17.7 Å². The molecule has 20 heavy (non-hydrogen) atoms. The highest BCUT2D eigenvalue weighted by atomic mass is 32.1. The van der Waals surface area contributed by atoms with Gasteiger partial charge in [-0.25, -0.2) is 4.98 Å². The van der Waals surface area contributed by atoms with Crippen LogP contribution in [0.25, 0.3) is 5.57 Å². The Morgan fingerprint density at radius 3 is 2.80 bits per heavy atom. The van der Waals surface area contributed by atoms with Crippen molar-refractivity contribution in [3.05, 3.63) is 34.4 Å². The fourth-order valence-corrected chi connectivity index (χ4v) is 2.04. The van der Waals surface area contributed by atoms with Crippen LogP contribution in [0.1, 0.15) is 38.4 Å². The molecule has 0 N–H and O–H groups in total. The first-order valence-electron chi connectivity index (χ1n) is 6.29. The van der Waals surface area contributed by atoms with Crippen molar-refractivity contribution in [1.29, 1.82) is 0 Å². The van der Waals surface area contributed by atoms with E-state index in [1.807, 2.05) is 45.2 Å². The highest BCUT2D eigenvalue weighted by Crippen LogP contribution is 2.21. The molecule has 108 valence electrons. The van der Waals surface area contributed by atoms with Crippen LogP contribution in [0.4, 0.5) is 0 Å². The van der Waals surface area contributed by atoms with E-state index >= 15 is 0 Å². The third-order valence-electron chi connectivity index (χ3n) is 2.36. The van der Waals surface area contributed by atoms with Gasteiger partial charge in [-0.1, -0.05) is 12.2 Å². The summed E-state index contributed by atoms with van der Waals surface area (Å²) in [7, 11) is 0. The molecule has 1 heterocycles. The number of rotatable bonds is 5. The molecule has 0 aromatic carbocycles. The maximum atomic E-state index is 11.7. The van der Waals surface area contributed by atoms with Gasteiger partial charge >= 0.3 is 5.97 Å². The molecule has 0 aliphatic rings. The largest absolute Gasteiger partial charge is 0.458 e. The summed E-state index contributed by atoms with van der Waals surface area (Å²) in [6, 6.07) is 0. The molecule has 0 amide bonds. The van der Waals surface area contributed by atoms with E-state index in [4.69, 9.17) is 4.74 Å². The Hall–Kier alpha value is -1.75. The fourth-order valence-electron chi connectivity index (χ4n) is 1.33. The number of aromatic nitrogens is 1. The summed E-state index contributed by atoms with van der Waals surface area (Å²) in [4.78, 5) is 19.9. The third-order valence-corrected chi connectivity index (χ3v) is 3.19. The minimum absolute atomic E-state index is 0.200. The summed E-state index contributed by atoms with van der Waals surface area (Å²) in [6.45, 7) is 11.0. The Morgan fingerprint density at radius 2 is 2.25 bits per heavy atom. The quantitative estimate of drug-likeness (QED) is 0.470. The summed E-state index contributed by atoms with van der Waals surface area (Å²) >= 11 is 1.46. The number of esters is 1. The lowest BCUT2D eigenvalue weighted by molar-refractivity contribution is -0.154. The first-order chi connectivity index (χ1) is 9.38. The van der Waals surface area contributed by atoms with E-state index in [1.165, 1.54) is 11.3 Å². The first-order valence-corrected chi connectivity index (χ1v) is 7.17. The number of aliphatic imine (C=N–C) groups is 1. The highest BCUT2D eigenvalue weighted by molar-refractivity contribution is 7.09. The minimum atomic E-state index is -0.497. The molecule has 0 aliphatic carbocycles. The van der Waals surface area contributed by atoms with Crippen molar-refractivity contribution in [3.8, 4) is 0 Å². The van der Waals surface area contributed by atoms with E-state index in [2.05, 4.69) is 16.7 Å². The second-order valence-electron chi connectivity index (χ2n) is 5.22. The molecule has 0 fully saturated rings. The van der Waals surface area contributed by atoms with Gasteiger partial charge in [-0.15, -0.1) is 11.3 Å². The number of ether oxygens (including phenoxy) is 1. The molecule has 0 saturated carbocycles. The van der Waals surface area contributed by atoms with Gasteiger partial charge in [0.2, 0.25) is 0 Å². The molecule has 0 aliphatic heterocycles. The topological polar surface area (TPSA) is 51.5 Å². The zero-order chi connectivity index (χ0) is 15.2. The number of carbonyl (C=O) groups is 1. The Bertz CT molecular complexity index is 536. The van der Waals surface area contributed by atoms with E-state index in [1.54, 1.807) is 6.20 Å². The van der Waals surface area contributed by atoms with E-state index in [0.717, 1.165) is 16.3 Å². The molecule has 0 spiro atoms. The SMILES string of the molecule is C=N/C=C(\C=C/C)c1csc(COC(=O)C(C)(C)C)n1. The maximum absolute atomic E-state index is 11.7. The van der Waals surface area contributed by atoms with E-state index in [0.29, 0.717) is 0 Å². The summed E-state index contributed by atoms with van der Waals surface area (Å²) in [6.07, 6.45) is 5.48. The molecular formula is C15H20N2O2S. The Kier molecular flexibility index (Phi) is 5.82.